The van der Waals surface area contributed by atoms with Crippen molar-refractivity contribution in [3.63, 3.8) is 0 Å². The molecular weight excluding hydrogens is 346 g/mol. The fraction of sp³-hybridized carbons (Fsp3) is 0.0667. The van der Waals surface area contributed by atoms with E-state index in [-0.39, 0.29) is 22.5 Å². The molecule has 1 amide bonds. The molecule has 9 nitrogen and oxygen atoms in total. The van der Waals surface area contributed by atoms with Crippen LogP contribution in [0.4, 0.5) is 11.4 Å². The van der Waals surface area contributed by atoms with E-state index < -0.39 is 16.4 Å². The van der Waals surface area contributed by atoms with Gasteiger partial charge in [0.1, 0.15) is 11.6 Å². The molecule has 1 N–H and O–H groups in total. The van der Waals surface area contributed by atoms with Gasteiger partial charge in [0.25, 0.3) is 17.2 Å². The highest BCUT2D eigenvalue weighted by Gasteiger charge is 2.18. The van der Waals surface area contributed by atoms with Gasteiger partial charge in [0.2, 0.25) is 0 Å². The third-order valence-electron chi connectivity index (χ3n) is 3.44. The van der Waals surface area contributed by atoms with Crippen molar-refractivity contribution in [2.75, 3.05) is 5.32 Å². The number of rotatable bonds is 3. The Hall–Kier alpha value is -3.58. The number of hydrogen-bond donors (Lipinski definition) is 1. The fourth-order valence-corrected chi connectivity index (χ4v) is 3.04. The molecule has 0 aliphatic carbocycles. The average Bonchev–Trinajstić information content (AvgIpc) is 2.97. The number of amides is 1. The molecule has 0 bridgehead atoms. The highest BCUT2D eigenvalue weighted by molar-refractivity contribution is 7.15. The zero-order valence-corrected chi connectivity index (χ0v) is 13.5. The van der Waals surface area contributed by atoms with E-state index in [4.69, 9.17) is 5.26 Å². The first kappa shape index (κ1) is 16.3. The molecule has 0 spiro atoms. The molecule has 25 heavy (non-hydrogen) atoms. The predicted molar refractivity (Wildman–Crippen MR) is 89.8 cm³/mol. The van der Waals surface area contributed by atoms with Crippen LogP contribution in [0.15, 0.2) is 34.6 Å². The maximum Gasteiger partial charge on any atom is 0.271 e. The Labute approximate surface area is 143 Å². The highest BCUT2D eigenvalue weighted by Crippen LogP contribution is 2.22. The summed E-state index contributed by atoms with van der Waals surface area (Å²) in [6.45, 7) is 1.72. The number of benzene rings is 1. The van der Waals surface area contributed by atoms with Gasteiger partial charge in [-0.3, -0.25) is 24.1 Å². The summed E-state index contributed by atoms with van der Waals surface area (Å²) in [7, 11) is 0. The monoisotopic (exact) mass is 355 g/mol. The number of fused-ring (bicyclic) bond motifs is 1. The lowest BCUT2D eigenvalue weighted by Gasteiger charge is -2.07. The van der Waals surface area contributed by atoms with Crippen molar-refractivity contribution in [3.8, 4) is 6.07 Å². The van der Waals surface area contributed by atoms with E-state index in [2.05, 4.69) is 10.3 Å². The lowest BCUT2D eigenvalue weighted by Crippen LogP contribution is -2.26. The molecule has 0 radical (unpaired) electrons. The number of carbonyl (C=O) groups is 1. The van der Waals surface area contributed by atoms with Crippen molar-refractivity contribution >= 4 is 33.6 Å². The van der Waals surface area contributed by atoms with Gasteiger partial charge in [-0.25, -0.2) is 4.98 Å². The van der Waals surface area contributed by atoms with Crippen LogP contribution in [-0.2, 0) is 0 Å². The van der Waals surface area contributed by atoms with Gasteiger partial charge in [-0.15, -0.1) is 11.3 Å². The van der Waals surface area contributed by atoms with Crippen molar-refractivity contribution in [1.82, 2.24) is 9.38 Å². The van der Waals surface area contributed by atoms with Crippen LogP contribution in [0.2, 0.25) is 0 Å². The molecule has 0 fully saturated rings. The van der Waals surface area contributed by atoms with E-state index in [0.717, 1.165) is 12.1 Å². The summed E-state index contributed by atoms with van der Waals surface area (Å²) in [6, 6.07) is 5.23. The van der Waals surface area contributed by atoms with E-state index in [9.17, 15) is 19.7 Å². The maximum absolute atomic E-state index is 12.5. The van der Waals surface area contributed by atoms with Crippen LogP contribution < -0.4 is 10.9 Å². The second-order valence-corrected chi connectivity index (χ2v) is 5.86. The average molecular weight is 355 g/mol. The van der Waals surface area contributed by atoms with E-state index in [1.165, 1.54) is 28.0 Å². The highest BCUT2D eigenvalue weighted by atomic mass is 32.1. The Kier molecular flexibility index (Phi) is 4.00. The predicted octanol–water partition coefficient (Wildman–Crippen LogP) is 2.10. The summed E-state index contributed by atoms with van der Waals surface area (Å²) in [5, 5.41) is 24.0. The number of nitro groups is 1. The maximum atomic E-state index is 12.5. The van der Waals surface area contributed by atoms with Gasteiger partial charge in [-0.2, -0.15) is 5.26 Å². The van der Waals surface area contributed by atoms with Crippen LogP contribution in [0, 0.1) is 28.4 Å². The molecule has 2 aromatic heterocycles. The van der Waals surface area contributed by atoms with E-state index in [1.807, 2.05) is 0 Å². The van der Waals surface area contributed by atoms with Gasteiger partial charge in [-0.05, 0) is 13.0 Å². The Morgan fingerprint density at radius 2 is 2.24 bits per heavy atom. The molecule has 0 aliphatic heterocycles. The second kappa shape index (κ2) is 6.14. The number of non-ortho nitro benzene ring substituents is 1. The van der Waals surface area contributed by atoms with Gasteiger partial charge in [0.05, 0.1) is 16.2 Å². The summed E-state index contributed by atoms with van der Waals surface area (Å²) in [5.74, 6) is -0.747. The molecule has 0 unspecified atom stereocenters. The van der Waals surface area contributed by atoms with E-state index in [0.29, 0.717) is 10.7 Å². The van der Waals surface area contributed by atoms with Crippen LogP contribution in [0.1, 0.15) is 21.6 Å². The number of thiazole rings is 1. The smallest absolute Gasteiger partial charge is 0.271 e. The number of anilines is 1. The minimum Gasteiger partial charge on any atom is -0.321 e. The number of nitriles is 1. The molecule has 2 heterocycles. The van der Waals surface area contributed by atoms with Crippen LogP contribution >= 0.6 is 11.3 Å². The molecule has 1 aromatic carbocycles. The number of hydrogen-bond acceptors (Lipinski definition) is 7. The number of carbonyl (C=O) groups excluding carboxylic acids is 1. The van der Waals surface area contributed by atoms with Crippen molar-refractivity contribution in [2.24, 2.45) is 0 Å². The zero-order valence-electron chi connectivity index (χ0n) is 12.7. The normalized spacial score (nSPS) is 10.4. The first-order valence-electron chi connectivity index (χ1n) is 6.88. The second-order valence-electron chi connectivity index (χ2n) is 5.03. The van der Waals surface area contributed by atoms with Gasteiger partial charge < -0.3 is 5.32 Å². The first-order chi connectivity index (χ1) is 11.9. The van der Waals surface area contributed by atoms with Gasteiger partial charge in [0.15, 0.2) is 4.96 Å². The minimum absolute atomic E-state index is 0.0737. The Balaban J connectivity index is 2.00. The summed E-state index contributed by atoms with van der Waals surface area (Å²) in [6.07, 6.45) is 1.17. The minimum atomic E-state index is -0.747. The molecule has 3 aromatic rings. The molecule has 0 saturated carbocycles. The SMILES string of the molecule is Cc1csc2ncc(C(=O)Nc3ccc([N+](=O)[O-])cc3C#N)c(=O)n12. The number of aryl methyl sites for hydroxylation is 1. The third-order valence-corrected chi connectivity index (χ3v) is 4.40. The molecule has 3 rings (SSSR count). The lowest BCUT2D eigenvalue weighted by molar-refractivity contribution is -0.384. The summed E-state index contributed by atoms with van der Waals surface area (Å²) < 4.78 is 1.32. The molecule has 10 heteroatoms. The van der Waals surface area contributed by atoms with E-state index >= 15 is 0 Å². The summed E-state index contributed by atoms with van der Waals surface area (Å²) in [4.78, 5) is 39.5. The number of nitrogens with one attached hydrogen (secondary N) is 1. The molecule has 0 atom stereocenters. The number of nitro benzene ring substituents is 1. The quantitative estimate of drug-likeness (QED) is 0.565. The molecule has 0 aliphatic rings. The summed E-state index contributed by atoms with van der Waals surface area (Å²) >= 11 is 1.28. The molecule has 124 valence electrons. The van der Waals surface area contributed by atoms with Crippen LogP contribution in [-0.4, -0.2) is 20.2 Å². The Morgan fingerprint density at radius 1 is 1.48 bits per heavy atom. The molecule has 0 saturated heterocycles. The third kappa shape index (κ3) is 2.84. The van der Waals surface area contributed by atoms with Crippen LogP contribution in [0.3, 0.4) is 0 Å². The van der Waals surface area contributed by atoms with Crippen molar-refractivity contribution in [3.05, 3.63) is 67.1 Å². The topological polar surface area (TPSA) is 130 Å². The Morgan fingerprint density at radius 3 is 2.92 bits per heavy atom. The van der Waals surface area contributed by atoms with Gasteiger partial charge >= 0.3 is 0 Å². The van der Waals surface area contributed by atoms with Gasteiger partial charge in [-0.1, -0.05) is 0 Å². The molecular formula is C15H9N5O4S. The Bertz CT molecular complexity index is 1130. The van der Waals surface area contributed by atoms with Gasteiger partial charge in [0, 0.05) is 29.4 Å². The van der Waals surface area contributed by atoms with Crippen LogP contribution in [0.25, 0.3) is 4.96 Å². The first-order valence-corrected chi connectivity index (χ1v) is 7.76. The fourth-order valence-electron chi connectivity index (χ4n) is 2.22. The number of aromatic nitrogens is 2. The number of nitrogens with zero attached hydrogens (tertiary/aromatic N) is 4. The van der Waals surface area contributed by atoms with Crippen LogP contribution in [0.5, 0.6) is 0 Å². The van der Waals surface area contributed by atoms with Crippen molar-refractivity contribution < 1.29 is 9.72 Å². The van der Waals surface area contributed by atoms with Crippen molar-refractivity contribution in [2.45, 2.75) is 6.92 Å². The largest absolute Gasteiger partial charge is 0.321 e. The summed E-state index contributed by atoms with van der Waals surface area (Å²) in [5.41, 5.74) is -0.345. The van der Waals surface area contributed by atoms with Crippen molar-refractivity contribution in [1.29, 1.82) is 5.26 Å². The standard InChI is InChI=1S/C15H9N5O4S/c1-8-7-25-15-17-6-11(14(22)19(8)15)13(21)18-12-3-2-10(20(23)24)4-9(12)5-16/h2-4,6-7H,1H3,(H,18,21). The van der Waals surface area contributed by atoms with E-state index in [1.54, 1.807) is 18.4 Å². The lowest BCUT2D eigenvalue weighted by atomic mass is 10.1. The zero-order chi connectivity index (χ0) is 18.1.